The fourth-order valence-electron chi connectivity index (χ4n) is 3.68. The van der Waals surface area contributed by atoms with E-state index in [1.165, 1.54) is 19.3 Å². The van der Waals surface area contributed by atoms with Gasteiger partial charge in [-0.05, 0) is 44.0 Å². The van der Waals surface area contributed by atoms with Crippen molar-refractivity contribution in [1.82, 2.24) is 15.1 Å². The van der Waals surface area contributed by atoms with Crippen molar-refractivity contribution in [3.63, 3.8) is 0 Å². The van der Waals surface area contributed by atoms with Crippen LogP contribution in [0.3, 0.4) is 0 Å². The standard InChI is InChI=1S/C19H28N4O2/c1-14-5-3-4-10-23(14)17-12-22(13-17)19(25)21-16-8-6-15(7-9-16)11-18(24)20-2/h6-9,14,17H,3-5,10-13H2,1-2H3,(H,20,24)(H,21,25). The van der Waals surface area contributed by atoms with Crippen LogP contribution in [0.4, 0.5) is 10.5 Å². The van der Waals surface area contributed by atoms with Gasteiger partial charge in [0.1, 0.15) is 0 Å². The van der Waals surface area contributed by atoms with Crippen molar-refractivity contribution in [1.29, 1.82) is 0 Å². The molecule has 1 unspecified atom stereocenters. The molecule has 3 amide bonds. The fraction of sp³-hybridized carbons (Fsp3) is 0.579. The molecule has 2 heterocycles. The van der Waals surface area contributed by atoms with Crippen LogP contribution in [0.1, 0.15) is 31.7 Å². The maximum Gasteiger partial charge on any atom is 0.321 e. The highest BCUT2D eigenvalue weighted by molar-refractivity contribution is 5.90. The van der Waals surface area contributed by atoms with E-state index in [9.17, 15) is 9.59 Å². The third-order valence-electron chi connectivity index (χ3n) is 5.32. The second-order valence-electron chi connectivity index (χ2n) is 7.12. The summed E-state index contributed by atoms with van der Waals surface area (Å²) in [5.74, 6) is -0.0182. The first-order valence-electron chi connectivity index (χ1n) is 9.18. The van der Waals surface area contributed by atoms with Crippen LogP contribution >= 0.6 is 0 Å². The second-order valence-corrected chi connectivity index (χ2v) is 7.12. The molecule has 2 fully saturated rings. The first-order chi connectivity index (χ1) is 12.1. The lowest BCUT2D eigenvalue weighted by atomic mass is 9.98. The topological polar surface area (TPSA) is 64.7 Å². The molecule has 2 saturated heterocycles. The van der Waals surface area contributed by atoms with Gasteiger partial charge in [-0.25, -0.2) is 4.79 Å². The van der Waals surface area contributed by atoms with Crippen molar-refractivity contribution in [2.75, 3.05) is 32.0 Å². The molecule has 0 aliphatic carbocycles. The molecular weight excluding hydrogens is 316 g/mol. The maximum absolute atomic E-state index is 12.3. The number of carbonyl (C=O) groups excluding carboxylic acids is 2. The van der Waals surface area contributed by atoms with Crippen LogP contribution in [-0.2, 0) is 11.2 Å². The third kappa shape index (κ3) is 4.31. The molecule has 1 aromatic rings. The monoisotopic (exact) mass is 344 g/mol. The number of urea groups is 1. The minimum absolute atomic E-state index is 0.0182. The number of benzene rings is 1. The lowest BCUT2D eigenvalue weighted by molar-refractivity contribution is -0.119. The van der Waals surface area contributed by atoms with E-state index in [2.05, 4.69) is 22.5 Å². The van der Waals surface area contributed by atoms with Crippen molar-refractivity contribution in [3.05, 3.63) is 29.8 Å². The molecule has 0 radical (unpaired) electrons. The molecule has 2 aliphatic rings. The van der Waals surface area contributed by atoms with Crippen LogP contribution in [-0.4, -0.2) is 60.5 Å². The zero-order chi connectivity index (χ0) is 17.8. The molecule has 1 atom stereocenters. The summed E-state index contributed by atoms with van der Waals surface area (Å²) >= 11 is 0. The van der Waals surface area contributed by atoms with E-state index in [1.807, 2.05) is 29.2 Å². The number of nitrogens with one attached hydrogen (secondary N) is 2. The highest BCUT2D eigenvalue weighted by atomic mass is 16.2. The van der Waals surface area contributed by atoms with Gasteiger partial charge >= 0.3 is 6.03 Å². The smallest absolute Gasteiger partial charge is 0.321 e. The number of likely N-dealkylation sites (N-methyl/N-ethyl adjacent to an activating group) is 1. The van der Waals surface area contributed by atoms with Gasteiger partial charge in [0.05, 0.1) is 6.42 Å². The van der Waals surface area contributed by atoms with Gasteiger partial charge in [0.25, 0.3) is 0 Å². The quantitative estimate of drug-likeness (QED) is 0.879. The summed E-state index contributed by atoms with van der Waals surface area (Å²) in [6, 6.07) is 8.55. The predicted molar refractivity (Wildman–Crippen MR) is 98.6 cm³/mol. The lowest BCUT2D eigenvalue weighted by Crippen LogP contribution is -2.64. The average Bonchev–Trinajstić information content (AvgIpc) is 2.57. The maximum atomic E-state index is 12.3. The Kier molecular flexibility index (Phi) is 5.58. The average molecular weight is 344 g/mol. The number of rotatable bonds is 4. The highest BCUT2D eigenvalue weighted by Crippen LogP contribution is 2.25. The Bertz CT molecular complexity index is 610. The Morgan fingerprint density at radius 2 is 1.88 bits per heavy atom. The van der Waals surface area contributed by atoms with E-state index in [4.69, 9.17) is 0 Å². The Labute approximate surface area is 149 Å². The van der Waals surface area contributed by atoms with Crippen LogP contribution in [0.5, 0.6) is 0 Å². The lowest BCUT2D eigenvalue weighted by Gasteiger charge is -2.49. The summed E-state index contributed by atoms with van der Waals surface area (Å²) in [4.78, 5) is 28.1. The Hall–Kier alpha value is -2.08. The number of nitrogens with zero attached hydrogens (tertiary/aromatic N) is 2. The second kappa shape index (κ2) is 7.87. The summed E-state index contributed by atoms with van der Waals surface area (Å²) < 4.78 is 0. The van der Waals surface area contributed by atoms with Crippen LogP contribution in [0, 0.1) is 0 Å². The number of likely N-dealkylation sites (tertiary alicyclic amines) is 2. The van der Waals surface area contributed by atoms with Crippen molar-refractivity contribution in [2.24, 2.45) is 0 Å². The van der Waals surface area contributed by atoms with Gasteiger partial charge < -0.3 is 15.5 Å². The Balaban J connectivity index is 1.46. The number of carbonyl (C=O) groups is 2. The van der Waals surface area contributed by atoms with Crippen LogP contribution in [0.15, 0.2) is 24.3 Å². The molecule has 136 valence electrons. The molecule has 3 rings (SSSR count). The third-order valence-corrected chi connectivity index (χ3v) is 5.32. The van der Waals surface area contributed by atoms with Crippen molar-refractivity contribution >= 4 is 17.6 Å². The molecule has 0 bridgehead atoms. The van der Waals surface area contributed by atoms with E-state index in [1.54, 1.807) is 7.05 Å². The minimum Gasteiger partial charge on any atom is -0.359 e. The fourth-order valence-corrected chi connectivity index (χ4v) is 3.68. The van der Waals surface area contributed by atoms with Crippen LogP contribution in [0.2, 0.25) is 0 Å². The summed E-state index contributed by atoms with van der Waals surface area (Å²) in [5, 5.41) is 5.55. The molecule has 6 nitrogen and oxygen atoms in total. The largest absolute Gasteiger partial charge is 0.359 e. The van der Waals surface area contributed by atoms with Gasteiger partial charge in [0.15, 0.2) is 0 Å². The van der Waals surface area contributed by atoms with Crippen molar-refractivity contribution in [3.8, 4) is 0 Å². The van der Waals surface area contributed by atoms with Gasteiger partial charge in [-0.1, -0.05) is 18.6 Å². The zero-order valence-corrected chi connectivity index (χ0v) is 15.1. The summed E-state index contributed by atoms with van der Waals surface area (Å²) in [5.41, 5.74) is 1.70. The van der Waals surface area contributed by atoms with Gasteiger partial charge in [-0.15, -0.1) is 0 Å². The summed E-state index contributed by atoms with van der Waals surface area (Å²) in [7, 11) is 1.63. The van der Waals surface area contributed by atoms with E-state index in [-0.39, 0.29) is 11.9 Å². The molecule has 2 N–H and O–H groups in total. The van der Waals surface area contributed by atoms with E-state index < -0.39 is 0 Å². The molecule has 0 spiro atoms. The van der Waals surface area contributed by atoms with Gasteiger partial charge in [-0.2, -0.15) is 0 Å². The molecule has 2 aliphatic heterocycles. The van der Waals surface area contributed by atoms with Crippen LogP contribution in [0.25, 0.3) is 0 Å². The number of amides is 3. The zero-order valence-electron chi connectivity index (χ0n) is 15.1. The number of piperidine rings is 1. The highest BCUT2D eigenvalue weighted by Gasteiger charge is 2.37. The number of hydrogen-bond donors (Lipinski definition) is 2. The normalized spacial score (nSPS) is 21.5. The summed E-state index contributed by atoms with van der Waals surface area (Å²) in [6.45, 7) is 5.08. The van der Waals surface area contributed by atoms with Gasteiger partial charge in [0, 0.05) is 37.9 Å². The minimum atomic E-state index is -0.0417. The van der Waals surface area contributed by atoms with Crippen molar-refractivity contribution in [2.45, 2.75) is 44.7 Å². The van der Waals surface area contributed by atoms with E-state index >= 15 is 0 Å². The predicted octanol–water partition coefficient (Wildman–Crippen LogP) is 2.07. The number of hydrogen-bond acceptors (Lipinski definition) is 3. The Morgan fingerprint density at radius 1 is 1.16 bits per heavy atom. The van der Waals surface area contributed by atoms with E-state index in [0.29, 0.717) is 18.5 Å². The Morgan fingerprint density at radius 3 is 2.52 bits per heavy atom. The molecular formula is C19H28N4O2. The number of anilines is 1. The van der Waals surface area contributed by atoms with Crippen molar-refractivity contribution < 1.29 is 9.59 Å². The molecule has 6 heteroatoms. The van der Waals surface area contributed by atoms with Gasteiger partial charge in [0.2, 0.25) is 5.91 Å². The van der Waals surface area contributed by atoms with E-state index in [0.717, 1.165) is 30.9 Å². The molecule has 25 heavy (non-hydrogen) atoms. The molecule has 0 aromatic heterocycles. The molecule has 1 aromatic carbocycles. The SMILES string of the molecule is CNC(=O)Cc1ccc(NC(=O)N2CC(N3CCCCC3C)C2)cc1. The first-order valence-corrected chi connectivity index (χ1v) is 9.18. The van der Waals surface area contributed by atoms with Gasteiger partial charge in [-0.3, -0.25) is 9.69 Å². The summed E-state index contributed by atoms with van der Waals surface area (Å²) in [6.07, 6.45) is 4.22. The molecule has 0 saturated carbocycles. The van der Waals surface area contributed by atoms with Crippen LogP contribution < -0.4 is 10.6 Å². The first kappa shape index (κ1) is 17.7.